The Labute approximate surface area is 138 Å². The first kappa shape index (κ1) is 16.5. The molecule has 0 saturated carbocycles. The van der Waals surface area contributed by atoms with E-state index in [0.29, 0.717) is 17.1 Å². The molecule has 0 spiro atoms. The Morgan fingerprint density at radius 3 is 2.92 bits per heavy atom. The largest absolute Gasteiger partial charge is 0.482 e. The SMILES string of the molecule is CS(=O)(=O)OCC[C@@H]1CN(c2ccc3c(c2)NC(=O)CO3)C(=O)O1. The van der Waals surface area contributed by atoms with E-state index in [-0.39, 0.29) is 32.1 Å². The van der Waals surface area contributed by atoms with Crippen molar-refractivity contribution in [2.45, 2.75) is 12.5 Å². The Morgan fingerprint density at radius 1 is 1.38 bits per heavy atom. The maximum absolute atomic E-state index is 12.0. The molecular weight excluding hydrogens is 340 g/mol. The van der Waals surface area contributed by atoms with Gasteiger partial charge in [0.1, 0.15) is 11.9 Å². The number of benzene rings is 1. The quantitative estimate of drug-likeness (QED) is 0.773. The van der Waals surface area contributed by atoms with Crippen LogP contribution in [0.1, 0.15) is 6.42 Å². The number of hydrogen-bond donors (Lipinski definition) is 1. The molecule has 2 amide bonds. The number of amides is 2. The molecule has 1 N–H and O–H groups in total. The lowest BCUT2D eigenvalue weighted by Gasteiger charge is -2.20. The highest BCUT2D eigenvalue weighted by molar-refractivity contribution is 7.85. The minimum Gasteiger partial charge on any atom is -0.482 e. The number of carbonyl (C=O) groups is 2. The van der Waals surface area contributed by atoms with Crippen LogP contribution >= 0.6 is 0 Å². The number of cyclic esters (lactones) is 1. The van der Waals surface area contributed by atoms with Gasteiger partial charge in [-0.15, -0.1) is 0 Å². The summed E-state index contributed by atoms with van der Waals surface area (Å²) in [5, 5.41) is 2.67. The number of carbonyl (C=O) groups excluding carboxylic acids is 2. The van der Waals surface area contributed by atoms with Gasteiger partial charge in [-0.1, -0.05) is 0 Å². The maximum atomic E-state index is 12.0. The van der Waals surface area contributed by atoms with Crippen molar-refractivity contribution < 1.29 is 31.7 Å². The third-order valence-corrected chi connectivity index (χ3v) is 4.11. The zero-order valence-electron chi connectivity index (χ0n) is 12.9. The van der Waals surface area contributed by atoms with Crippen molar-refractivity contribution in [3.63, 3.8) is 0 Å². The lowest BCUT2D eigenvalue weighted by Crippen LogP contribution is -2.27. The number of fused-ring (bicyclic) bond motifs is 1. The molecule has 3 rings (SSSR count). The van der Waals surface area contributed by atoms with Gasteiger partial charge >= 0.3 is 6.09 Å². The van der Waals surface area contributed by atoms with E-state index in [4.69, 9.17) is 9.47 Å². The minimum absolute atomic E-state index is 0.0412. The van der Waals surface area contributed by atoms with E-state index < -0.39 is 22.3 Å². The Bertz CT molecular complexity index is 777. The molecule has 2 heterocycles. The molecule has 1 fully saturated rings. The van der Waals surface area contributed by atoms with Crippen LogP contribution in [-0.2, 0) is 23.8 Å². The van der Waals surface area contributed by atoms with E-state index >= 15 is 0 Å². The summed E-state index contributed by atoms with van der Waals surface area (Å²) >= 11 is 0. The highest BCUT2D eigenvalue weighted by Gasteiger charge is 2.33. The highest BCUT2D eigenvalue weighted by atomic mass is 32.2. The number of nitrogens with one attached hydrogen (secondary N) is 1. The fraction of sp³-hybridized carbons (Fsp3) is 0.429. The Hall–Kier alpha value is -2.33. The first-order valence-electron chi connectivity index (χ1n) is 7.21. The molecular formula is C14H16N2O7S. The van der Waals surface area contributed by atoms with Crippen LogP contribution in [-0.4, -0.2) is 52.5 Å². The number of rotatable bonds is 5. The van der Waals surface area contributed by atoms with Crippen LogP contribution in [0.2, 0.25) is 0 Å². The zero-order chi connectivity index (χ0) is 17.3. The van der Waals surface area contributed by atoms with E-state index in [2.05, 4.69) is 9.50 Å². The standard InChI is InChI=1S/C14H16N2O7S/c1-24(19,20)22-5-4-10-7-16(14(18)23-10)9-2-3-12-11(6-9)15-13(17)8-21-12/h2-3,6,10H,4-5,7-8H2,1H3,(H,15,17)/t10-/m1/s1. The zero-order valence-corrected chi connectivity index (χ0v) is 13.7. The molecule has 0 unspecified atom stereocenters. The van der Waals surface area contributed by atoms with E-state index in [9.17, 15) is 18.0 Å². The Morgan fingerprint density at radius 2 is 2.17 bits per heavy atom. The van der Waals surface area contributed by atoms with Crippen molar-refractivity contribution in [2.75, 3.05) is 36.2 Å². The molecule has 9 nitrogen and oxygen atoms in total. The van der Waals surface area contributed by atoms with Gasteiger partial charge in [0.05, 0.1) is 25.1 Å². The van der Waals surface area contributed by atoms with Crippen LogP contribution in [0.4, 0.5) is 16.2 Å². The Kier molecular flexibility index (Phi) is 4.33. The molecule has 10 heteroatoms. The van der Waals surface area contributed by atoms with Crippen LogP contribution in [0.15, 0.2) is 18.2 Å². The van der Waals surface area contributed by atoms with Gasteiger partial charge in [0.25, 0.3) is 16.0 Å². The molecule has 1 atom stereocenters. The van der Waals surface area contributed by atoms with Gasteiger partial charge < -0.3 is 14.8 Å². The molecule has 0 radical (unpaired) electrons. The first-order chi connectivity index (χ1) is 11.3. The third-order valence-electron chi connectivity index (χ3n) is 3.52. The molecule has 1 aromatic carbocycles. The van der Waals surface area contributed by atoms with Gasteiger partial charge in [-0.3, -0.25) is 13.9 Å². The predicted molar refractivity (Wildman–Crippen MR) is 83.6 cm³/mol. The van der Waals surface area contributed by atoms with Gasteiger partial charge in [-0.25, -0.2) is 4.79 Å². The van der Waals surface area contributed by atoms with Crippen molar-refractivity contribution in [2.24, 2.45) is 0 Å². The smallest absolute Gasteiger partial charge is 0.414 e. The summed E-state index contributed by atoms with van der Waals surface area (Å²) in [7, 11) is -3.52. The molecule has 2 aliphatic heterocycles. The minimum atomic E-state index is -3.52. The lowest BCUT2D eigenvalue weighted by molar-refractivity contribution is -0.118. The van der Waals surface area contributed by atoms with Crippen LogP contribution in [0.3, 0.4) is 0 Å². The summed E-state index contributed by atoms with van der Waals surface area (Å²) in [5.74, 6) is 0.267. The van der Waals surface area contributed by atoms with Gasteiger partial charge in [-0.2, -0.15) is 8.42 Å². The number of ether oxygens (including phenoxy) is 2. The van der Waals surface area contributed by atoms with E-state index in [0.717, 1.165) is 6.26 Å². The van der Waals surface area contributed by atoms with Crippen molar-refractivity contribution >= 4 is 33.5 Å². The molecule has 130 valence electrons. The normalized spacial score (nSPS) is 20.2. The fourth-order valence-electron chi connectivity index (χ4n) is 2.45. The lowest BCUT2D eigenvalue weighted by atomic mass is 10.2. The van der Waals surface area contributed by atoms with Crippen molar-refractivity contribution in [3.8, 4) is 5.75 Å². The average Bonchev–Trinajstić information content (AvgIpc) is 2.86. The first-order valence-corrected chi connectivity index (χ1v) is 9.03. The predicted octanol–water partition coefficient (Wildman–Crippen LogP) is 0.709. The van der Waals surface area contributed by atoms with Gasteiger partial charge in [0, 0.05) is 12.1 Å². The maximum Gasteiger partial charge on any atom is 0.414 e. The van der Waals surface area contributed by atoms with Crippen molar-refractivity contribution in [1.29, 1.82) is 0 Å². The summed E-state index contributed by atoms with van der Waals surface area (Å²) in [6.45, 7) is 0.165. The second-order valence-corrected chi connectivity index (χ2v) is 7.09. The number of hydrogen-bond acceptors (Lipinski definition) is 7. The van der Waals surface area contributed by atoms with Crippen LogP contribution in [0.25, 0.3) is 0 Å². The molecule has 2 aliphatic rings. The average molecular weight is 356 g/mol. The molecule has 0 aliphatic carbocycles. The monoisotopic (exact) mass is 356 g/mol. The van der Waals surface area contributed by atoms with Crippen LogP contribution < -0.4 is 15.0 Å². The second kappa shape index (κ2) is 6.29. The third kappa shape index (κ3) is 3.77. The van der Waals surface area contributed by atoms with Gasteiger partial charge in [-0.05, 0) is 18.2 Å². The number of anilines is 2. The molecule has 24 heavy (non-hydrogen) atoms. The second-order valence-electron chi connectivity index (χ2n) is 5.45. The van der Waals surface area contributed by atoms with Crippen molar-refractivity contribution in [3.05, 3.63) is 18.2 Å². The highest BCUT2D eigenvalue weighted by Crippen LogP contribution is 2.33. The van der Waals surface area contributed by atoms with Crippen LogP contribution in [0, 0.1) is 0 Å². The molecule has 0 aromatic heterocycles. The van der Waals surface area contributed by atoms with E-state index in [1.165, 1.54) is 4.90 Å². The number of nitrogens with zero attached hydrogens (tertiary/aromatic N) is 1. The molecule has 0 bridgehead atoms. The molecule has 1 saturated heterocycles. The summed E-state index contributed by atoms with van der Waals surface area (Å²) in [6.07, 6.45) is 0.215. The van der Waals surface area contributed by atoms with Crippen molar-refractivity contribution in [1.82, 2.24) is 0 Å². The molecule has 1 aromatic rings. The summed E-state index contributed by atoms with van der Waals surface area (Å²) in [5.41, 5.74) is 1.04. The summed E-state index contributed by atoms with van der Waals surface area (Å²) in [4.78, 5) is 24.8. The van der Waals surface area contributed by atoms with E-state index in [1.54, 1.807) is 18.2 Å². The van der Waals surface area contributed by atoms with Gasteiger partial charge in [0.2, 0.25) is 0 Å². The summed E-state index contributed by atoms with van der Waals surface area (Å²) < 4.78 is 37.0. The van der Waals surface area contributed by atoms with E-state index in [1.807, 2.05) is 0 Å². The van der Waals surface area contributed by atoms with Gasteiger partial charge in [0.15, 0.2) is 6.61 Å². The summed E-state index contributed by atoms with van der Waals surface area (Å²) in [6, 6.07) is 4.98. The van der Waals surface area contributed by atoms with Crippen LogP contribution in [0.5, 0.6) is 5.75 Å². The Balaban J connectivity index is 1.66. The fourth-order valence-corrected chi connectivity index (χ4v) is 2.85. The topological polar surface area (TPSA) is 111 Å².